The molecule has 7 aromatic carbocycles. The zero-order valence-electron chi connectivity index (χ0n) is 37.7. The molecule has 0 amide bonds. The van der Waals surface area contributed by atoms with Gasteiger partial charge in [-0.3, -0.25) is 0 Å². The van der Waals surface area contributed by atoms with Gasteiger partial charge in [-0.05, 0) is 77.1 Å². The van der Waals surface area contributed by atoms with Crippen LogP contribution in [0.15, 0.2) is 170 Å². The molecule has 0 spiro atoms. The SMILES string of the molecule is [2H]c1c([2H])c([2H])c2c(c1[2H])c1c([2H])c(-n3c4c([2H])c([2H])c([2H])c([2H])c4c4c(Cc5ccccc5-c5ccccc5)c([2H])c([2H])c([2H])c43)c([2H])c([2H])c1n2-c1ccccc1. The third-order valence-corrected chi connectivity index (χ3v) is 8.15. The summed E-state index contributed by atoms with van der Waals surface area (Å²) in [6.07, 6.45) is -0.000616. The lowest BCUT2D eigenvalue weighted by Crippen LogP contribution is -1.96. The molecule has 2 heterocycles. The molecule has 0 atom stereocenters. The normalized spacial score (nSPS) is 16.0. The quantitative estimate of drug-likeness (QED) is 0.189. The van der Waals surface area contributed by atoms with Gasteiger partial charge in [0.05, 0.1) is 41.3 Å². The number of para-hydroxylation sites is 3. The molecule has 9 aromatic rings. The molecule has 45 heavy (non-hydrogen) atoms. The van der Waals surface area contributed by atoms with Crippen molar-refractivity contribution >= 4 is 43.6 Å². The van der Waals surface area contributed by atoms with Crippen molar-refractivity contribution in [3.63, 3.8) is 0 Å². The van der Waals surface area contributed by atoms with E-state index in [0.717, 1.165) is 21.3 Å². The summed E-state index contributed by atoms with van der Waals surface area (Å²) < 4.78 is 130. The van der Waals surface area contributed by atoms with Crippen molar-refractivity contribution in [3.8, 4) is 22.5 Å². The molecule has 2 nitrogen and oxygen atoms in total. The first kappa shape index (κ1) is 15.2. The molecule has 0 radical (unpaired) electrons. The van der Waals surface area contributed by atoms with Gasteiger partial charge in [0.25, 0.3) is 0 Å². The Morgan fingerprint density at radius 2 is 1.07 bits per heavy atom. The lowest BCUT2D eigenvalue weighted by Gasteiger charge is -2.12. The number of hydrogen-bond donors (Lipinski definition) is 0. The highest BCUT2D eigenvalue weighted by Crippen LogP contribution is 2.38. The van der Waals surface area contributed by atoms with Crippen LogP contribution in [0.5, 0.6) is 0 Å². The first-order chi connectivity index (χ1) is 28.2. The molecule has 0 saturated heterocycles. The second-order valence-corrected chi connectivity index (χ2v) is 10.7. The lowest BCUT2D eigenvalue weighted by atomic mass is 9.93. The molecule has 0 fully saturated rings. The summed E-state index contributed by atoms with van der Waals surface area (Å²) in [5, 5.41) is -0.259. The van der Waals surface area contributed by atoms with E-state index in [0.29, 0.717) is 5.69 Å². The van der Waals surface area contributed by atoms with Crippen molar-refractivity contribution in [2.45, 2.75) is 6.42 Å². The Morgan fingerprint density at radius 1 is 0.444 bits per heavy atom. The average Bonchev–Trinajstić information content (AvgIpc) is 3.79. The predicted molar refractivity (Wildman–Crippen MR) is 190 cm³/mol. The largest absolute Gasteiger partial charge is 0.309 e. The van der Waals surface area contributed by atoms with Crippen molar-refractivity contribution in [2.24, 2.45) is 0 Å². The standard InChI is InChI=1S/C43H30N2/c1-3-14-30(15-4-1)35-20-8-7-16-31(35)28-32-17-13-25-42-43(32)37-22-10-12-24-40(37)45(42)34-26-27-41-38(29-34)36-21-9-11-23-39(36)44(41)33-18-5-2-6-19-33/h1-27,29H,28H2/i9D,10D,11D,12D,13D,17D,21D,22D,23D,24D,25D,26D,27D,29D. The Morgan fingerprint density at radius 3 is 1.89 bits per heavy atom. The topological polar surface area (TPSA) is 9.86 Å². The van der Waals surface area contributed by atoms with Crippen molar-refractivity contribution in [3.05, 3.63) is 181 Å². The van der Waals surface area contributed by atoms with E-state index in [1.165, 1.54) is 4.57 Å². The molecular weight excluding hydrogens is 544 g/mol. The molecule has 0 aliphatic heterocycles. The molecule has 0 saturated carbocycles. The van der Waals surface area contributed by atoms with E-state index >= 15 is 0 Å². The molecule has 9 rings (SSSR count). The first-order valence-electron chi connectivity index (χ1n) is 21.4. The van der Waals surface area contributed by atoms with E-state index in [9.17, 15) is 9.60 Å². The molecule has 0 aliphatic carbocycles. The summed E-state index contributed by atoms with van der Waals surface area (Å²) in [6, 6.07) is 18.1. The Hall–Kier alpha value is -5.86. The first-order valence-corrected chi connectivity index (χ1v) is 14.4. The van der Waals surface area contributed by atoms with Gasteiger partial charge in [-0.1, -0.05) is 121 Å². The van der Waals surface area contributed by atoms with Gasteiger partial charge in [-0.2, -0.15) is 0 Å². The van der Waals surface area contributed by atoms with E-state index in [-0.39, 0.29) is 61.6 Å². The zero-order chi connectivity index (χ0) is 41.9. The molecule has 2 aromatic heterocycles. The molecular formula is C43H30N2. The monoisotopic (exact) mass is 588 g/mol. The Labute approximate surface area is 281 Å². The smallest absolute Gasteiger partial charge is 0.0652 e. The van der Waals surface area contributed by atoms with Crippen LogP contribution in [0.25, 0.3) is 66.1 Å². The van der Waals surface area contributed by atoms with Gasteiger partial charge in [0.2, 0.25) is 0 Å². The van der Waals surface area contributed by atoms with Crippen LogP contribution in [0.4, 0.5) is 0 Å². The van der Waals surface area contributed by atoms with Gasteiger partial charge < -0.3 is 9.13 Å². The minimum Gasteiger partial charge on any atom is -0.309 e. The maximum atomic E-state index is 9.87. The minimum atomic E-state index is -0.647. The van der Waals surface area contributed by atoms with Crippen molar-refractivity contribution in [2.75, 3.05) is 0 Å². The maximum absolute atomic E-state index is 9.87. The lowest BCUT2D eigenvalue weighted by molar-refractivity contribution is 1.16. The number of aromatic nitrogens is 2. The summed E-state index contributed by atoms with van der Waals surface area (Å²) >= 11 is 0. The number of nitrogens with zero attached hydrogens (tertiary/aromatic N) is 2. The van der Waals surface area contributed by atoms with E-state index in [2.05, 4.69) is 0 Å². The summed E-state index contributed by atoms with van der Waals surface area (Å²) in [4.78, 5) is 0. The molecule has 2 heteroatoms. The highest BCUT2D eigenvalue weighted by atomic mass is 15.0. The number of rotatable bonds is 5. The fourth-order valence-electron chi connectivity index (χ4n) is 6.21. The maximum Gasteiger partial charge on any atom is 0.0652 e. The summed E-state index contributed by atoms with van der Waals surface area (Å²) in [7, 11) is 0. The predicted octanol–water partition coefficient (Wildman–Crippen LogP) is 11.1. The van der Waals surface area contributed by atoms with Crippen molar-refractivity contribution in [1.29, 1.82) is 0 Å². The third-order valence-electron chi connectivity index (χ3n) is 8.15. The fraction of sp³-hybridized carbons (Fsp3) is 0.0233. The van der Waals surface area contributed by atoms with Gasteiger partial charge in [-0.25, -0.2) is 0 Å². The van der Waals surface area contributed by atoms with Crippen LogP contribution in [0.3, 0.4) is 0 Å². The van der Waals surface area contributed by atoms with E-state index < -0.39 is 84.2 Å². The molecule has 0 aliphatic rings. The van der Waals surface area contributed by atoms with Gasteiger partial charge in [0.1, 0.15) is 0 Å². The number of fused-ring (bicyclic) bond motifs is 6. The third kappa shape index (κ3) is 4.11. The summed E-state index contributed by atoms with van der Waals surface area (Å²) in [5.74, 6) is 0. The van der Waals surface area contributed by atoms with E-state index in [1.54, 1.807) is 30.3 Å². The van der Waals surface area contributed by atoms with Crippen LogP contribution in [0.2, 0.25) is 0 Å². The van der Waals surface area contributed by atoms with Gasteiger partial charge in [0, 0.05) is 32.9 Å². The van der Waals surface area contributed by atoms with Gasteiger partial charge in [-0.15, -0.1) is 0 Å². The Bertz CT molecular complexity index is 3280. The Balaban J connectivity index is 1.50. The Kier molecular flexibility index (Phi) is 3.52. The van der Waals surface area contributed by atoms with Crippen LogP contribution < -0.4 is 0 Å². The highest BCUT2D eigenvalue weighted by Gasteiger charge is 2.18. The molecule has 0 N–H and O–H groups in total. The second-order valence-electron chi connectivity index (χ2n) is 10.7. The zero-order valence-corrected chi connectivity index (χ0v) is 23.7. The molecule has 212 valence electrons. The fourth-order valence-corrected chi connectivity index (χ4v) is 6.21. The van der Waals surface area contributed by atoms with E-state index in [1.807, 2.05) is 54.6 Å². The van der Waals surface area contributed by atoms with Crippen molar-refractivity contribution in [1.82, 2.24) is 9.13 Å². The molecule has 0 unspecified atom stereocenters. The van der Waals surface area contributed by atoms with Gasteiger partial charge in [0.15, 0.2) is 0 Å². The molecule has 0 bridgehead atoms. The van der Waals surface area contributed by atoms with Crippen molar-refractivity contribution < 1.29 is 19.2 Å². The van der Waals surface area contributed by atoms with Crippen LogP contribution in [-0.2, 0) is 6.42 Å². The van der Waals surface area contributed by atoms with Crippen LogP contribution in [0.1, 0.15) is 30.3 Å². The summed E-state index contributed by atoms with van der Waals surface area (Å²) in [6.45, 7) is 0. The van der Waals surface area contributed by atoms with Gasteiger partial charge >= 0.3 is 0 Å². The minimum absolute atomic E-state index is 0.000616. The second kappa shape index (κ2) is 10.4. The van der Waals surface area contributed by atoms with Crippen LogP contribution in [0, 0.1) is 0 Å². The van der Waals surface area contributed by atoms with Crippen LogP contribution >= 0.6 is 0 Å². The number of benzene rings is 7. The highest BCUT2D eigenvalue weighted by molar-refractivity contribution is 6.13. The number of hydrogen-bond acceptors (Lipinski definition) is 0. The summed E-state index contributed by atoms with van der Waals surface area (Å²) in [5.41, 5.74) is 2.11. The van der Waals surface area contributed by atoms with Crippen LogP contribution in [-0.4, -0.2) is 9.13 Å². The van der Waals surface area contributed by atoms with E-state index in [4.69, 9.17) is 9.60 Å². The average molecular weight is 589 g/mol.